The smallest absolute Gasteiger partial charge is 0.258 e. The number of carbonyl (C=O) groups excluding carboxylic acids is 1. The van der Waals surface area contributed by atoms with E-state index in [2.05, 4.69) is 46.8 Å². The van der Waals surface area contributed by atoms with Crippen LogP contribution in [-0.4, -0.2) is 15.7 Å². The van der Waals surface area contributed by atoms with Crippen molar-refractivity contribution in [3.8, 4) is 11.1 Å². The molecule has 4 nitrogen and oxygen atoms in total. The van der Waals surface area contributed by atoms with Crippen molar-refractivity contribution >= 4 is 11.6 Å². The highest BCUT2D eigenvalue weighted by Gasteiger charge is 2.18. The molecule has 4 heteroatoms. The number of anilines is 1. The molecule has 3 aromatic rings. The minimum Gasteiger partial charge on any atom is -0.322 e. The standard InChI is InChI=1S/C19H17N3O/c1-2-22-12-15(11-20-22)19(23)21-16-7-8-18-14(10-16)9-13-5-3-4-6-17(13)18/h3-8,10-12H,2,9H2,1H3,(H,21,23). The van der Waals surface area contributed by atoms with Gasteiger partial charge < -0.3 is 5.32 Å². The van der Waals surface area contributed by atoms with Gasteiger partial charge in [0.25, 0.3) is 5.91 Å². The SMILES string of the molecule is CCn1cc(C(=O)Nc2ccc3c(c2)Cc2ccccc2-3)cn1. The molecular formula is C19H17N3O. The Morgan fingerprint density at radius 3 is 2.83 bits per heavy atom. The van der Waals surface area contributed by atoms with Gasteiger partial charge in [-0.3, -0.25) is 9.48 Å². The quantitative estimate of drug-likeness (QED) is 0.627. The molecule has 1 aromatic heterocycles. The summed E-state index contributed by atoms with van der Waals surface area (Å²) in [7, 11) is 0. The van der Waals surface area contributed by atoms with E-state index in [9.17, 15) is 4.79 Å². The molecule has 0 bridgehead atoms. The molecule has 0 saturated carbocycles. The first-order valence-corrected chi connectivity index (χ1v) is 7.79. The summed E-state index contributed by atoms with van der Waals surface area (Å²) in [5, 5.41) is 7.10. The maximum Gasteiger partial charge on any atom is 0.258 e. The summed E-state index contributed by atoms with van der Waals surface area (Å²) in [5.74, 6) is -0.125. The number of benzene rings is 2. The monoisotopic (exact) mass is 303 g/mol. The Hall–Kier alpha value is -2.88. The Labute approximate surface area is 134 Å². The fourth-order valence-corrected chi connectivity index (χ4v) is 3.08. The maximum atomic E-state index is 12.3. The Morgan fingerprint density at radius 2 is 2.00 bits per heavy atom. The summed E-state index contributed by atoms with van der Waals surface area (Å²) in [6.07, 6.45) is 4.28. The topological polar surface area (TPSA) is 46.9 Å². The van der Waals surface area contributed by atoms with Gasteiger partial charge in [-0.2, -0.15) is 5.10 Å². The van der Waals surface area contributed by atoms with E-state index in [0.29, 0.717) is 5.56 Å². The molecule has 4 rings (SSSR count). The van der Waals surface area contributed by atoms with Crippen LogP contribution < -0.4 is 5.32 Å². The highest BCUT2D eigenvalue weighted by molar-refractivity contribution is 6.04. The lowest BCUT2D eigenvalue weighted by atomic mass is 10.1. The van der Waals surface area contributed by atoms with Crippen molar-refractivity contribution in [2.45, 2.75) is 19.9 Å². The Morgan fingerprint density at radius 1 is 1.17 bits per heavy atom. The summed E-state index contributed by atoms with van der Waals surface area (Å²) in [4.78, 5) is 12.3. The van der Waals surface area contributed by atoms with Crippen molar-refractivity contribution in [2.75, 3.05) is 5.32 Å². The lowest BCUT2D eigenvalue weighted by Crippen LogP contribution is -2.11. The zero-order valence-corrected chi connectivity index (χ0v) is 12.9. The van der Waals surface area contributed by atoms with Crippen LogP contribution in [0.15, 0.2) is 54.9 Å². The number of rotatable bonds is 3. The van der Waals surface area contributed by atoms with Crippen LogP contribution >= 0.6 is 0 Å². The third-order valence-electron chi connectivity index (χ3n) is 4.27. The summed E-state index contributed by atoms with van der Waals surface area (Å²) >= 11 is 0. The van der Waals surface area contributed by atoms with Gasteiger partial charge in [0.15, 0.2) is 0 Å². The Bertz CT molecular complexity index is 895. The van der Waals surface area contributed by atoms with Crippen LogP contribution in [0.2, 0.25) is 0 Å². The molecule has 0 saturated heterocycles. The van der Waals surface area contributed by atoms with E-state index >= 15 is 0 Å². The van der Waals surface area contributed by atoms with E-state index in [4.69, 9.17) is 0 Å². The summed E-state index contributed by atoms with van der Waals surface area (Å²) < 4.78 is 1.74. The Kier molecular flexibility index (Phi) is 3.23. The van der Waals surface area contributed by atoms with Gasteiger partial charge in [0.2, 0.25) is 0 Å². The van der Waals surface area contributed by atoms with Crippen LogP contribution in [0.5, 0.6) is 0 Å². The van der Waals surface area contributed by atoms with Gasteiger partial charge in [0, 0.05) is 18.4 Å². The number of amides is 1. The zero-order valence-electron chi connectivity index (χ0n) is 12.9. The second-order valence-corrected chi connectivity index (χ2v) is 5.74. The largest absolute Gasteiger partial charge is 0.322 e. The van der Waals surface area contributed by atoms with Gasteiger partial charge in [-0.05, 0) is 47.7 Å². The summed E-state index contributed by atoms with van der Waals surface area (Å²) in [5.41, 5.74) is 6.56. The van der Waals surface area contributed by atoms with Crippen molar-refractivity contribution in [3.63, 3.8) is 0 Å². The van der Waals surface area contributed by atoms with Crippen LogP contribution in [-0.2, 0) is 13.0 Å². The van der Waals surface area contributed by atoms with Crippen LogP contribution in [0.1, 0.15) is 28.4 Å². The van der Waals surface area contributed by atoms with E-state index in [0.717, 1.165) is 18.7 Å². The average Bonchev–Trinajstić information content (AvgIpc) is 3.18. The van der Waals surface area contributed by atoms with Crippen LogP contribution in [0, 0.1) is 0 Å². The second-order valence-electron chi connectivity index (χ2n) is 5.74. The van der Waals surface area contributed by atoms with E-state index < -0.39 is 0 Å². The summed E-state index contributed by atoms with van der Waals surface area (Å²) in [6, 6.07) is 14.6. The molecule has 114 valence electrons. The van der Waals surface area contributed by atoms with Crippen LogP contribution in [0.4, 0.5) is 5.69 Å². The van der Waals surface area contributed by atoms with E-state index in [-0.39, 0.29) is 5.91 Å². The number of hydrogen-bond donors (Lipinski definition) is 1. The van der Waals surface area contributed by atoms with E-state index in [1.165, 1.54) is 22.3 Å². The van der Waals surface area contributed by atoms with Crippen molar-refractivity contribution in [2.24, 2.45) is 0 Å². The van der Waals surface area contributed by atoms with Crippen molar-refractivity contribution in [1.29, 1.82) is 0 Å². The first-order valence-electron chi connectivity index (χ1n) is 7.79. The van der Waals surface area contributed by atoms with Crippen molar-refractivity contribution in [3.05, 3.63) is 71.5 Å². The first-order chi connectivity index (χ1) is 11.2. The molecule has 1 aliphatic rings. The van der Waals surface area contributed by atoms with E-state index in [1.807, 2.05) is 13.0 Å². The first kappa shape index (κ1) is 13.8. The van der Waals surface area contributed by atoms with E-state index in [1.54, 1.807) is 17.1 Å². The minimum absolute atomic E-state index is 0.125. The van der Waals surface area contributed by atoms with Gasteiger partial charge in [-0.15, -0.1) is 0 Å². The fourth-order valence-electron chi connectivity index (χ4n) is 3.08. The molecule has 0 unspecified atom stereocenters. The summed E-state index contributed by atoms with van der Waals surface area (Å²) in [6.45, 7) is 2.75. The molecule has 0 spiro atoms. The number of fused-ring (bicyclic) bond motifs is 3. The van der Waals surface area contributed by atoms with Crippen molar-refractivity contribution < 1.29 is 4.79 Å². The predicted octanol–water partition coefficient (Wildman–Crippen LogP) is 3.73. The molecule has 1 amide bonds. The number of carbonyl (C=O) groups is 1. The lowest BCUT2D eigenvalue weighted by Gasteiger charge is -2.06. The number of hydrogen-bond acceptors (Lipinski definition) is 2. The van der Waals surface area contributed by atoms with Gasteiger partial charge >= 0.3 is 0 Å². The molecule has 2 aromatic carbocycles. The molecule has 0 aliphatic heterocycles. The third-order valence-corrected chi connectivity index (χ3v) is 4.27. The molecule has 1 heterocycles. The molecule has 0 radical (unpaired) electrons. The lowest BCUT2D eigenvalue weighted by molar-refractivity contribution is 0.102. The minimum atomic E-state index is -0.125. The molecule has 1 N–H and O–H groups in total. The van der Waals surface area contributed by atoms with Gasteiger partial charge in [-0.25, -0.2) is 0 Å². The number of aryl methyl sites for hydroxylation is 1. The normalized spacial score (nSPS) is 11.9. The highest BCUT2D eigenvalue weighted by Crippen LogP contribution is 2.37. The second kappa shape index (κ2) is 5.39. The van der Waals surface area contributed by atoms with Crippen LogP contribution in [0.25, 0.3) is 11.1 Å². The number of aromatic nitrogens is 2. The van der Waals surface area contributed by atoms with Crippen molar-refractivity contribution in [1.82, 2.24) is 9.78 Å². The van der Waals surface area contributed by atoms with Gasteiger partial charge in [0.1, 0.15) is 0 Å². The molecule has 23 heavy (non-hydrogen) atoms. The Balaban J connectivity index is 1.58. The zero-order chi connectivity index (χ0) is 15.8. The third kappa shape index (κ3) is 2.42. The molecule has 0 atom stereocenters. The predicted molar refractivity (Wildman–Crippen MR) is 90.5 cm³/mol. The number of nitrogens with zero attached hydrogens (tertiary/aromatic N) is 2. The molecule has 0 fully saturated rings. The van der Waals surface area contributed by atoms with Gasteiger partial charge in [0.05, 0.1) is 11.8 Å². The van der Waals surface area contributed by atoms with Crippen LogP contribution in [0.3, 0.4) is 0 Å². The molecular weight excluding hydrogens is 286 g/mol. The average molecular weight is 303 g/mol. The molecule has 1 aliphatic carbocycles. The maximum absolute atomic E-state index is 12.3. The fraction of sp³-hybridized carbons (Fsp3) is 0.158. The highest BCUT2D eigenvalue weighted by atomic mass is 16.1. The van der Waals surface area contributed by atoms with Gasteiger partial charge in [-0.1, -0.05) is 30.3 Å². The number of nitrogens with one attached hydrogen (secondary N) is 1.